The van der Waals surface area contributed by atoms with E-state index in [0.29, 0.717) is 11.1 Å². The molecule has 0 aliphatic heterocycles. The monoisotopic (exact) mass is 264 g/mol. The number of phenols is 2. The van der Waals surface area contributed by atoms with E-state index in [1.807, 2.05) is 6.92 Å². The van der Waals surface area contributed by atoms with Gasteiger partial charge in [-0.05, 0) is 30.7 Å². The third-order valence-corrected chi connectivity index (χ3v) is 3.42. The Morgan fingerprint density at radius 2 is 1.67 bits per heavy atom. The highest BCUT2D eigenvalue weighted by Crippen LogP contribution is 2.33. The van der Waals surface area contributed by atoms with Crippen molar-refractivity contribution in [3.05, 3.63) is 42.0 Å². The van der Waals surface area contributed by atoms with Gasteiger partial charge in [0.2, 0.25) is 0 Å². The molecule has 18 heavy (non-hydrogen) atoms. The van der Waals surface area contributed by atoms with Crippen molar-refractivity contribution in [2.24, 2.45) is 0 Å². The lowest BCUT2D eigenvalue weighted by Crippen LogP contribution is -1.89. The first-order valence-electron chi connectivity index (χ1n) is 5.26. The lowest BCUT2D eigenvalue weighted by molar-refractivity contribution is 0.404. The maximum Gasteiger partial charge on any atom is 0.168 e. The van der Waals surface area contributed by atoms with Crippen LogP contribution in [0.25, 0.3) is 11.1 Å². The third-order valence-electron chi connectivity index (χ3n) is 2.64. The molecule has 0 aromatic heterocycles. The average Bonchev–Trinajstić information content (AvgIpc) is 2.32. The van der Waals surface area contributed by atoms with Gasteiger partial charge in [0, 0.05) is 5.56 Å². The Hall–Kier alpha value is -2.01. The summed E-state index contributed by atoms with van der Waals surface area (Å²) in [6, 6.07) is 9.20. The van der Waals surface area contributed by atoms with Gasteiger partial charge in [-0.3, -0.25) is 0 Å². The summed E-state index contributed by atoms with van der Waals surface area (Å²) in [6.07, 6.45) is 0. The SMILES string of the molecule is Cc1ccc([SH](=O)=O)c(-c2ccc(O)c(O)c2)c1. The van der Waals surface area contributed by atoms with Gasteiger partial charge in [-0.15, -0.1) is 0 Å². The number of hydrogen-bond donors (Lipinski definition) is 3. The molecule has 0 spiro atoms. The fourth-order valence-electron chi connectivity index (χ4n) is 1.73. The van der Waals surface area contributed by atoms with Gasteiger partial charge in [0.15, 0.2) is 22.2 Å². The molecule has 2 aromatic carbocycles. The van der Waals surface area contributed by atoms with Crippen LogP contribution in [0.15, 0.2) is 41.3 Å². The topological polar surface area (TPSA) is 74.6 Å². The number of aryl methyl sites for hydroxylation is 1. The molecule has 2 rings (SSSR count). The highest BCUT2D eigenvalue weighted by molar-refractivity contribution is 7.72. The van der Waals surface area contributed by atoms with E-state index in [1.165, 1.54) is 18.2 Å². The minimum atomic E-state index is -2.71. The molecule has 4 nitrogen and oxygen atoms in total. The van der Waals surface area contributed by atoms with Gasteiger partial charge < -0.3 is 10.2 Å². The lowest BCUT2D eigenvalue weighted by atomic mass is 10.0. The first-order valence-corrected chi connectivity index (χ1v) is 6.44. The van der Waals surface area contributed by atoms with Crippen molar-refractivity contribution in [3.8, 4) is 22.6 Å². The normalized spacial score (nSPS) is 10.8. The quantitative estimate of drug-likeness (QED) is 0.573. The summed E-state index contributed by atoms with van der Waals surface area (Å²) in [5.41, 5.74) is 1.97. The fourth-order valence-corrected chi connectivity index (χ4v) is 2.32. The largest absolute Gasteiger partial charge is 0.504 e. The van der Waals surface area contributed by atoms with Gasteiger partial charge >= 0.3 is 0 Å². The van der Waals surface area contributed by atoms with Gasteiger partial charge in [-0.2, -0.15) is 0 Å². The first kappa shape index (κ1) is 12.4. The van der Waals surface area contributed by atoms with Crippen molar-refractivity contribution in [1.82, 2.24) is 0 Å². The van der Waals surface area contributed by atoms with Gasteiger partial charge in [-0.25, -0.2) is 8.42 Å². The fraction of sp³-hybridized carbons (Fsp3) is 0.0769. The van der Waals surface area contributed by atoms with Crippen molar-refractivity contribution in [2.45, 2.75) is 11.8 Å². The molecule has 0 radical (unpaired) electrons. The maximum atomic E-state index is 11.2. The Balaban J connectivity index is 2.69. The van der Waals surface area contributed by atoms with E-state index >= 15 is 0 Å². The standard InChI is InChI=1S/C13H12O4S/c1-8-2-5-13(18(16)17)10(6-8)9-3-4-11(14)12(15)7-9/h2-7,14-15,18H,1H3. The molecule has 2 aromatic rings. The van der Waals surface area contributed by atoms with Gasteiger partial charge in [0.1, 0.15) is 0 Å². The molecule has 0 aliphatic rings. The summed E-state index contributed by atoms with van der Waals surface area (Å²) in [5, 5.41) is 18.7. The number of phenolic OH excluding ortho intramolecular Hbond substituents is 2. The number of thiol groups is 1. The molecule has 0 amide bonds. The molecule has 0 saturated carbocycles. The smallest absolute Gasteiger partial charge is 0.168 e. The van der Waals surface area contributed by atoms with E-state index in [1.54, 1.807) is 18.2 Å². The molecule has 0 saturated heterocycles. The van der Waals surface area contributed by atoms with Gasteiger partial charge in [0.25, 0.3) is 0 Å². The zero-order chi connectivity index (χ0) is 13.3. The molecule has 94 valence electrons. The number of aromatic hydroxyl groups is 2. The second-order valence-electron chi connectivity index (χ2n) is 3.98. The lowest BCUT2D eigenvalue weighted by Gasteiger charge is -2.07. The summed E-state index contributed by atoms with van der Waals surface area (Å²) in [4.78, 5) is 0.195. The molecular formula is C13H12O4S. The Kier molecular flexibility index (Phi) is 3.25. The van der Waals surface area contributed by atoms with Crippen LogP contribution >= 0.6 is 0 Å². The van der Waals surface area contributed by atoms with Crippen LogP contribution < -0.4 is 0 Å². The Labute approximate surface area is 106 Å². The third kappa shape index (κ3) is 2.31. The second kappa shape index (κ2) is 4.70. The van der Waals surface area contributed by atoms with Crippen molar-refractivity contribution in [3.63, 3.8) is 0 Å². The van der Waals surface area contributed by atoms with Crippen LogP contribution in [0.2, 0.25) is 0 Å². The molecule has 0 atom stereocenters. The highest BCUT2D eigenvalue weighted by atomic mass is 32.2. The Bertz CT molecular complexity index is 667. The van der Waals surface area contributed by atoms with E-state index in [4.69, 9.17) is 0 Å². The van der Waals surface area contributed by atoms with Crippen LogP contribution in [-0.2, 0) is 10.7 Å². The Morgan fingerprint density at radius 3 is 2.28 bits per heavy atom. The molecule has 0 unspecified atom stereocenters. The minimum absolute atomic E-state index is 0.195. The molecule has 0 aliphatic carbocycles. The number of rotatable bonds is 2. The summed E-state index contributed by atoms with van der Waals surface area (Å²) < 4.78 is 22.4. The summed E-state index contributed by atoms with van der Waals surface area (Å²) in [6.45, 7) is 1.85. The van der Waals surface area contributed by atoms with Crippen LogP contribution in [0.1, 0.15) is 5.56 Å². The summed E-state index contributed by atoms with van der Waals surface area (Å²) in [5.74, 6) is -0.513. The van der Waals surface area contributed by atoms with Crippen LogP contribution in [0.3, 0.4) is 0 Å². The van der Waals surface area contributed by atoms with Gasteiger partial charge in [0.05, 0.1) is 4.90 Å². The number of benzene rings is 2. The van der Waals surface area contributed by atoms with Crippen LogP contribution in [-0.4, -0.2) is 18.6 Å². The number of hydrogen-bond acceptors (Lipinski definition) is 4. The summed E-state index contributed by atoms with van der Waals surface area (Å²) >= 11 is 0. The van der Waals surface area contributed by atoms with Crippen molar-refractivity contribution < 1.29 is 18.6 Å². The molecule has 0 heterocycles. The minimum Gasteiger partial charge on any atom is -0.504 e. The highest BCUT2D eigenvalue weighted by Gasteiger charge is 2.09. The zero-order valence-electron chi connectivity index (χ0n) is 9.62. The van der Waals surface area contributed by atoms with Crippen molar-refractivity contribution >= 4 is 10.7 Å². The Morgan fingerprint density at radius 1 is 0.944 bits per heavy atom. The summed E-state index contributed by atoms with van der Waals surface area (Å²) in [7, 11) is -2.71. The molecule has 0 bridgehead atoms. The molecule has 0 fully saturated rings. The first-order chi connectivity index (χ1) is 8.49. The van der Waals surface area contributed by atoms with E-state index in [9.17, 15) is 18.6 Å². The average molecular weight is 264 g/mol. The maximum absolute atomic E-state index is 11.2. The van der Waals surface area contributed by atoms with E-state index < -0.39 is 10.7 Å². The molecule has 5 heteroatoms. The van der Waals surface area contributed by atoms with Gasteiger partial charge in [-0.1, -0.05) is 23.8 Å². The predicted octanol–water partition coefficient (Wildman–Crippen LogP) is 2.04. The van der Waals surface area contributed by atoms with E-state index in [-0.39, 0.29) is 16.4 Å². The predicted molar refractivity (Wildman–Crippen MR) is 68.5 cm³/mol. The van der Waals surface area contributed by atoms with E-state index in [2.05, 4.69) is 0 Å². The zero-order valence-corrected chi connectivity index (χ0v) is 10.5. The van der Waals surface area contributed by atoms with Crippen LogP contribution in [0.5, 0.6) is 11.5 Å². The molecule has 2 N–H and O–H groups in total. The van der Waals surface area contributed by atoms with Crippen molar-refractivity contribution in [2.75, 3.05) is 0 Å². The van der Waals surface area contributed by atoms with Crippen molar-refractivity contribution in [1.29, 1.82) is 0 Å². The van der Waals surface area contributed by atoms with Crippen LogP contribution in [0, 0.1) is 6.92 Å². The van der Waals surface area contributed by atoms with E-state index in [0.717, 1.165) is 5.56 Å². The van der Waals surface area contributed by atoms with Crippen LogP contribution in [0.4, 0.5) is 0 Å². The molecular weight excluding hydrogens is 252 g/mol. The second-order valence-corrected chi connectivity index (χ2v) is 4.98.